The molecule has 0 spiro atoms. The first-order chi connectivity index (χ1) is 13.5. The number of fused-ring (bicyclic) bond motifs is 3. The minimum absolute atomic E-state index is 0.0195. The van der Waals surface area contributed by atoms with Gasteiger partial charge in [-0.1, -0.05) is 31.5 Å². The van der Waals surface area contributed by atoms with Crippen molar-refractivity contribution in [3.63, 3.8) is 0 Å². The van der Waals surface area contributed by atoms with Crippen molar-refractivity contribution in [1.29, 1.82) is 0 Å². The molecule has 2 aliphatic heterocycles. The van der Waals surface area contributed by atoms with Gasteiger partial charge in [0, 0.05) is 47.7 Å². The largest absolute Gasteiger partial charge is 0.358 e. The molecule has 2 aliphatic rings. The highest BCUT2D eigenvalue weighted by atomic mass is 32.2. The maximum absolute atomic E-state index is 13.1. The van der Waals surface area contributed by atoms with Crippen LogP contribution in [0.2, 0.25) is 0 Å². The van der Waals surface area contributed by atoms with Gasteiger partial charge in [-0.2, -0.15) is 0 Å². The van der Waals surface area contributed by atoms with E-state index in [9.17, 15) is 13.2 Å². The van der Waals surface area contributed by atoms with Crippen molar-refractivity contribution in [2.24, 2.45) is 0 Å². The fourth-order valence-corrected chi connectivity index (χ4v) is 6.23. The summed E-state index contributed by atoms with van der Waals surface area (Å²) < 4.78 is 23.8. The van der Waals surface area contributed by atoms with Crippen LogP contribution in [0.15, 0.2) is 24.3 Å². The van der Waals surface area contributed by atoms with Crippen LogP contribution in [0.1, 0.15) is 37.4 Å². The predicted octanol–water partition coefficient (Wildman–Crippen LogP) is 2.34. The van der Waals surface area contributed by atoms with Crippen LogP contribution < -0.4 is 0 Å². The van der Waals surface area contributed by atoms with Gasteiger partial charge in [-0.25, -0.2) is 8.42 Å². The van der Waals surface area contributed by atoms with E-state index in [4.69, 9.17) is 0 Å². The Morgan fingerprint density at radius 1 is 1.32 bits per heavy atom. The number of amides is 1. The van der Waals surface area contributed by atoms with Gasteiger partial charge in [0.25, 0.3) is 0 Å². The fraction of sp³-hybridized carbons (Fsp3) is 0.571. The van der Waals surface area contributed by atoms with Gasteiger partial charge in [-0.15, -0.1) is 0 Å². The maximum atomic E-state index is 13.1. The summed E-state index contributed by atoms with van der Waals surface area (Å²) in [5, 5.41) is 1.19. The Morgan fingerprint density at radius 3 is 2.89 bits per heavy atom. The Hall–Kier alpha value is -1.86. The van der Waals surface area contributed by atoms with Crippen molar-refractivity contribution >= 4 is 26.6 Å². The molecule has 0 saturated carbocycles. The van der Waals surface area contributed by atoms with Gasteiger partial charge in [-0.05, 0) is 25.5 Å². The van der Waals surface area contributed by atoms with Gasteiger partial charge < -0.3 is 9.88 Å². The Morgan fingerprint density at radius 2 is 2.14 bits per heavy atom. The third kappa shape index (κ3) is 3.96. The first kappa shape index (κ1) is 19.5. The van der Waals surface area contributed by atoms with Crippen LogP contribution in [-0.2, 0) is 27.6 Å². The molecular formula is C21H29N3O3S. The molecular weight excluding hydrogens is 374 g/mol. The van der Waals surface area contributed by atoms with E-state index in [0.29, 0.717) is 26.1 Å². The molecule has 4 rings (SSSR count). The molecule has 1 unspecified atom stereocenters. The Kier molecular flexibility index (Phi) is 5.47. The van der Waals surface area contributed by atoms with E-state index in [0.717, 1.165) is 31.3 Å². The van der Waals surface area contributed by atoms with Crippen molar-refractivity contribution in [3.8, 4) is 0 Å². The van der Waals surface area contributed by atoms with Crippen LogP contribution in [0, 0.1) is 0 Å². The number of nitrogens with zero attached hydrogens (tertiary/aromatic N) is 2. The number of aromatic nitrogens is 1. The molecule has 28 heavy (non-hydrogen) atoms. The molecule has 1 aromatic heterocycles. The molecule has 1 amide bonds. The third-order valence-corrected chi connectivity index (χ3v) is 7.85. The quantitative estimate of drug-likeness (QED) is 0.804. The summed E-state index contributed by atoms with van der Waals surface area (Å²) in [6, 6.07) is 8.22. The number of sulfone groups is 1. The van der Waals surface area contributed by atoms with Crippen molar-refractivity contribution < 1.29 is 13.2 Å². The number of para-hydroxylation sites is 1. The number of carbonyl (C=O) groups is 1. The highest BCUT2D eigenvalue weighted by Gasteiger charge is 2.34. The monoisotopic (exact) mass is 403 g/mol. The van der Waals surface area contributed by atoms with Gasteiger partial charge in [0.05, 0.1) is 18.1 Å². The molecule has 1 atom stereocenters. The average molecular weight is 404 g/mol. The van der Waals surface area contributed by atoms with Gasteiger partial charge in [0.1, 0.15) is 0 Å². The Balaban J connectivity index is 1.47. The summed E-state index contributed by atoms with van der Waals surface area (Å²) in [7, 11) is -2.95. The summed E-state index contributed by atoms with van der Waals surface area (Å²) in [5.74, 6) is 0.546. The van der Waals surface area contributed by atoms with Crippen molar-refractivity contribution in [2.75, 3.05) is 31.1 Å². The topological polar surface area (TPSA) is 73.5 Å². The predicted molar refractivity (Wildman–Crippen MR) is 111 cm³/mol. The molecule has 3 heterocycles. The summed E-state index contributed by atoms with van der Waals surface area (Å²) in [4.78, 5) is 20.6. The molecule has 7 heteroatoms. The second kappa shape index (κ2) is 7.87. The number of H-pyrrole nitrogens is 1. The van der Waals surface area contributed by atoms with E-state index in [1.807, 2.05) is 17.0 Å². The second-order valence-corrected chi connectivity index (χ2v) is 10.3. The SMILES string of the molecule is CCCCN(CC(=O)N1CCc2[nH]c3ccccc3c2C1)C1CCS(=O)(=O)C1. The molecule has 1 fully saturated rings. The number of carbonyl (C=O) groups excluding carboxylic acids is 1. The lowest BCUT2D eigenvalue weighted by Crippen LogP contribution is -2.46. The van der Waals surface area contributed by atoms with Crippen LogP contribution in [0.5, 0.6) is 0 Å². The Bertz CT molecular complexity index is 966. The lowest BCUT2D eigenvalue weighted by atomic mass is 10.0. The molecule has 2 aromatic rings. The molecule has 1 N–H and O–H groups in total. The molecule has 1 aromatic carbocycles. The lowest BCUT2D eigenvalue weighted by Gasteiger charge is -2.32. The number of hydrogen-bond acceptors (Lipinski definition) is 4. The number of hydrogen-bond donors (Lipinski definition) is 1. The minimum atomic E-state index is -2.95. The van der Waals surface area contributed by atoms with E-state index >= 15 is 0 Å². The minimum Gasteiger partial charge on any atom is -0.358 e. The molecule has 152 valence electrons. The molecule has 6 nitrogen and oxygen atoms in total. The van der Waals surface area contributed by atoms with E-state index in [2.05, 4.69) is 28.9 Å². The standard InChI is InChI=1S/C21H29N3O3S/c1-2-3-10-23(16-9-12-28(26,27)15-16)14-21(25)24-11-8-20-18(13-24)17-6-4-5-7-19(17)22-20/h4-7,16,22H,2-3,8-15H2,1H3. The Labute approximate surface area is 166 Å². The average Bonchev–Trinajstić information content (AvgIpc) is 3.24. The smallest absolute Gasteiger partial charge is 0.237 e. The van der Waals surface area contributed by atoms with Crippen molar-refractivity contribution in [1.82, 2.24) is 14.8 Å². The summed E-state index contributed by atoms with van der Waals surface area (Å²) in [6.07, 6.45) is 3.50. The van der Waals surface area contributed by atoms with E-state index in [-0.39, 0.29) is 23.5 Å². The van der Waals surface area contributed by atoms with Crippen LogP contribution >= 0.6 is 0 Å². The van der Waals surface area contributed by atoms with Crippen LogP contribution in [-0.4, -0.2) is 66.3 Å². The van der Waals surface area contributed by atoms with Crippen molar-refractivity contribution in [3.05, 3.63) is 35.5 Å². The number of unbranched alkanes of at least 4 members (excludes halogenated alkanes) is 1. The number of nitrogens with one attached hydrogen (secondary N) is 1. The zero-order valence-corrected chi connectivity index (χ0v) is 17.3. The third-order valence-electron chi connectivity index (χ3n) is 6.10. The zero-order valence-electron chi connectivity index (χ0n) is 16.5. The maximum Gasteiger partial charge on any atom is 0.237 e. The van der Waals surface area contributed by atoms with E-state index in [1.54, 1.807) is 0 Å². The van der Waals surface area contributed by atoms with E-state index in [1.165, 1.54) is 16.6 Å². The second-order valence-electron chi connectivity index (χ2n) is 8.07. The molecule has 0 aliphatic carbocycles. The van der Waals surface area contributed by atoms with Crippen LogP contribution in [0.3, 0.4) is 0 Å². The van der Waals surface area contributed by atoms with E-state index < -0.39 is 9.84 Å². The molecule has 1 saturated heterocycles. The van der Waals surface area contributed by atoms with Crippen LogP contribution in [0.4, 0.5) is 0 Å². The normalized spacial score (nSPS) is 21.4. The highest BCUT2D eigenvalue weighted by Crippen LogP contribution is 2.28. The highest BCUT2D eigenvalue weighted by molar-refractivity contribution is 7.91. The van der Waals surface area contributed by atoms with Gasteiger partial charge in [0.2, 0.25) is 5.91 Å². The molecule has 0 radical (unpaired) electrons. The van der Waals surface area contributed by atoms with Gasteiger partial charge >= 0.3 is 0 Å². The number of benzene rings is 1. The van der Waals surface area contributed by atoms with Gasteiger partial charge in [-0.3, -0.25) is 9.69 Å². The summed E-state index contributed by atoms with van der Waals surface area (Å²) >= 11 is 0. The summed E-state index contributed by atoms with van der Waals surface area (Å²) in [6.45, 7) is 4.56. The summed E-state index contributed by atoms with van der Waals surface area (Å²) in [5.41, 5.74) is 3.58. The lowest BCUT2D eigenvalue weighted by molar-refractivity contribution is -0.133. The van der Waals surface area contributed by atoms with Crippen LogP contribution in [0.25, 0.3) is 10.9 Å². The number of aromatic amines is 1. The first-order valence-corrected chi connectivity index (χ1v) is 12.1. The number of rotatable bonds is 6. The first-order valence-electron chi connectivity index (χ1n) is 10.3. The van der Waals surface area contributed by atoms with Crippen molar-refractivity contribution in [2.45, 2.75) is 45.2 Å². The fourth-order valence-electron chi connectivity index (χ4n) is 4.47. The zero-order chi connectivity index (χ0) is 19.7. The molecule has 0 bridgehead atoms. The van der Waals surface area contributed by atoms with Gasteiger partial charge in [0.15, 0.2) is 9.84 Å².